The smallest absolute Gasteiger partial charge is 0.258 e. The van der Waals surface area contributed by atoms with Gasteiger partial charge >= 0.3 is 0 Å². The molecule has 7 nitrogen and oxygen atoms in total. The number of carbonyl (C=O) groups is 1. The Hall–Kier alpha value is -2.96. The summed E-state index contributed by atoms with van der Waals surface area (Å²) in [4.78, 5) is 31.7. The van der Waals surface area contributed by atoms with E-state index in [-0.39, 0.29) is 17.9 Å². The van der Waals surface area contributed by atoms with Crippen molar-refractivity contribution in [2.75, 3.05) is 5.32 Å². The van der Waals surface area contributed by atoms with Gasteiger partial charge in [-0.1, -0.05) is 31.4 Å². The Kier molecular flexibility index (Phi) is 5.00. The Labute approximate surface area is 156 Å². The molecule has 0 atom stereocenters. The number of amides is 1. The molecule has 1 fully saturated rings. The number of benzene rings is 1. The third-order valence-electron chi connectivity index (χ3n) is 5.11. The number of hydrogen-bond acceptors (Lipinski definition) is 4. The van der Waals surface area contributed by atoms with Crippen molar-refractivity contribution in [3.05, 3.63) is 52.7 Å². The van der Waals surface area contributed by atoms with E-state index < -0.39 is 0 Å². The molecule has 0 saturated heterocycles. The molecule has 3 aromatic rings. The van der Waals surface area contributed by atoms with E-state index in [2.05, 4.69) is 20.4 Å². The van der Waals surface area contributed by atoms with Gasteiger partial charge in [-0.05, 0) is 25.0 Å². The van der Waals surface area contributed by atoms with Gasteiger partial charge in [0.1, 0.15) is 11.6 Å². The van der Waals surface area contributed by atoms with Crippen LogP contribution in [0, 0.1) is 0 Å². The molecule has 140 valence electrons. The third kappa shape index (κ3) is 3.92. The summed E-state index contributed by atoms with van der Waals surface area (Å²) in [6, 6.07) is 9.39. The molecule has 7 heteroatoms. The number of rotatable bonds is 5. The highest BCUT2D eigenvalue weighted by Crippen LogP contribution is 2.29. The van der Waals surface area contributed by atoms with Crippen LogP contribution >= 0.6 is 0 Å². The van der Waals surface area contributed by atoms with Crippen LogP contribution < -0.4 is 10.9 Å². The van der Waals surface area contributed by atoms with Crippen LogP contribution in [-0.2, 0) is 11.2 Å². The molecule has 0 spiro atoms. The summed E-state index contributed by atoms with van der Waals surface area (Å²) in [5, 5.41) is 7.91. The maximum absolute atomic E-state index is 12.4. The Bertz CT molecular complexity index is 1000. The first-order valence-electron chi connectivity index (χ1n) is 9.52. The van der Waals surface area contributed by atoms with Gasteiger partial charge in [-0.25, -0.2) is 9.67 Å². The number of carbonyl (C=O) groups excluding carboxylic acids is 1. The number of anilines is 1. The van der Waals surface area contributed by atoms with Crippen molar-refractivity contribution >= 4 is 22.6 Å². The molecule has 0 aliphatic heterocycles. The number of para-hydroxylation sites is 1. The predicted molar refractivity (Wildman–Crippen MR) is 104 cm³/mol. The number of aromatic nitrogens is 4. The normalized spacial score (nSPS) is 15.1. The largest absolute Gasteiger partial charge is 0.311 e. The van der Waals surface area contributed by atoms with Gasteiger partial charge < -0.3 is 10.3 Å². The van der Waals surface area contributed by atoms with Crippen LogP contribution in [0.5, 0.6) is 0 Å². The second-order valence-electron chi connectivity index (χ2n) is 7.03. The standard InChI is InChI=1S/C20H23N5O2/c26-19(24-18-12-13-21-25(18)14-6-2-1-3-7-14)11-10-17-22-16-9-5-4-8-15(16)20(27)23-17/h4-5,8-9,12-14H,1-3,6-7,10-11H2,(H,24,26)(H,22,23,27). The minimum absolute atomic E-state index is 0.108. The molecule has 1 aliphatic carbocycles. The zero-order valence-electron chi connectivity index (χ0n) is 15.1. The first kappa shape index (κ1) is 17.5. The van der Waals surface area contributed by atoms with Crippen LogP contribution in [0.1, 0.15) is 50.4 Å². The highest BCUT2D eigenvalue weighted by atomic mass is 16.1. The van der Waals surface area contributed by atoms with E-state index in [1.165, 1.54) is 19.3 Å². The maximum atomic E-state index is 12.4. The molecule has 1 aliphatic rings. The Balaban J connectivity index is 1.41. The van der Waals surface area contributed by atoms with Crippen LogP contribution in [-0.4, -0.2) is 25.7 Å². The van der Waals surface area contributed by atoms with E-state index in [1.807, 2.05) is 22.9 Å². The molecule has 27 heavy (non-hydrogen) atoms. The summed E-state index contributed by atoms with van der Waals surface area (Å²) in [6.07, 6.45) is 8.25. The van der Waals surface area contributed by atoms with Gasteiger partial charge in [-0.2, -0.15) is 5.10 Å². The first-order chi connectivity index (χ1) is 13.2. The summed E-state index contributed by atoms with van der Waals surface area (Å²) in [7, 11) is 0. The Morgan fingerprint density at radius 2 is 2.00 bits per heavy atom. The fourth-order valence-corrected chi connectivity index (χ4v) is 3.72. The average Bonchev–Trinajstić information content (AvgIpc) is 3.15. The van der Waals surface area contributed by atoms with E-state index in [4.69, 9.17) is 0 Å². The lowest BCUT2D eigenvalue weighted by molar-refractivity contribution is -0.116. The number of nitrogens with one attached hydrogen (secondary N) is 2. The lowest BCUT2D eigenvalue weighted by Crippen LogP contribution is -2.21. The van der Waals surface area contributed by atoms with Crippen molar-refractivity contribution in [2.45, 2.75) is 51.0 Å². The minimum atomic E-state index is -0.175. The number of hydrogen-bond donors (Lipinski definition) is 2. The monoisotopic (exact) mass is 365 g/mol. The predicted octanol–water partition coefficient (Wildman–Crippen LogP) is 3.20. The first-order valence-corrected chi connectivity index (χ1v) is 9.52. The second kappa shape index (κ2) is 7.73. The summed E-state index contributed by atoms with van der Waals surface area (Å²) in [6.45, 7) is 0. The molecule has 4 rings (SSSR count). The van der Waals surface area contributed by atoms with Crippen molar-refractivity contribution in [1.82, 2.24) is 19.7 Å². The molecule has 1 aromatic carbocycles. The van der Waals surface area contributed by atoms with Crippen LogP contribution in [0.3, 0.4) is 0 Å². The number of fused-ring (bicyclic) bond motifs is 1. The van der Waals surface area contributed by atoms with E-state index in [1.54, 1.807) is 18.3 Å². The Morgan fingerprint density at radius 1 is 1.19 bits per heavy atom. The summed E-state index contributed by atoms with van der Waals surface area (Å²) < 4.78 is 1.94. The number of aromatic amines is 1. The number of nitrogens with zero attached hydrogens (tertiary/aromatic N) is 3. The van der Waals surface area contributed by atoms with Gasteiger partial charge in [0.05, 0.1) is 23.1 Å². The van der Waals surface area contributed by atoms with Crippen molar-refractivity contribution in [1.29, 1.82) is 0 Å². The Morgan fingerprint density at radius 3 is 2.85 bits per heavy atom. The average molecular weight is 365 g/mol. The topological polar surface area (TPSA) is 92.7 Å². The lowest BCUT2D eigenvalue weighted by Gasteiger charge is -2.23. The van der Waals surface area contributed by atoms with Gasteiger partial charge in [0.15, 0.2) is 0 Å². The molecule has 0 unspecified atom stereocenters. The van der Waals surface area contributed by atoms with Crippen LogP contribution in [0.15, 0.2) is 41.3 Å². The summed E-state index contributed by atoms with van der Waals surface area (Å²) >= 11 is 0. The van der Waals surface area contributed by atoms with Gasteiger partial charge in [0, 0.05) is 18.9 Å². The zero-order valence-corrected chi connectivity index (χ0v) is 15.1. The van der Waals surface area contributed by atoms with Crippen LogP contribution in [0.25, 0.3) is 10.9 Å². The molecule has 2 N–H and O–H groups in total. The van der Waals surface area contributed by atoms with Gasteiger partial charge in [-0.3, -0.25) is 9.59 Å². The van der Waals surface area contributed by atoms with E-state index >= 15 is 0 Å². The van der Waals surface area contributed by atoms with Gasteiger partial charge in [-0.15, -0.1) is 0 Å². The van der Waals surface area contributed by atoms with E-state index in [9.17, 15) is 9.59 Å². The van der Waals surface area contributed by atoms with E-state index in [0.717, 1.165) is 18.7 Å². The molecule has 2 heterocycles. The van der Waals surface area contributed by atoms with Crippen molar-refractivity contribution < 1.29 is 4.79 Å². The molecule has 2 aromatic heterocycles. The molecular formula is C20H23N5O2. The summed E-state index contributed by atoms with van der Waals surface area (Å²) in [5.41, 5.74) is 0.471. The number of H-pyrrole nitrogens is 1. The van der Waals surface area contributed by atoms with Gasteiger partial charge in [0.2, 0.25) is 5.91 Å². The molecule has 1 saturated carbocycles. The van der Waals surface area contributed by atoms with Crippen molar-refractivity contribution in [2.24, 2.45) is 0 Å². The SMILES string of the molecule is O=C(CCc1nc2ccccc2c(=O)[nH]1)Nc1ccnn1C1CCCCC1. The zero-order chi connectivity index (χ0) is 18.6. The molecule has 1 amide bonds. The fourth-order valence-electron chi connectivity index (χ4n) is 3.72. The minimum Gasteiger partial charge on any atom is -0.311 e. The highest BCUT2D eigenvalue weighted by Gasteiger charge is 2.19. The van der Waals surface area contributed by atoms with Gasteiger partial charge in [0.25, 0.3) is 5.56 Å². The number of aryl methyl sites for hydroxylation is 1. The van der Waals surface area contributed by atoms with Crippen LogP contribution in [0.4, 0.5) is 5.82 Å². The molecule has 0 radical (unpaired) electrons. The molecular weight excluding hydrogens is 342 g/mol. The third-order valence-corrected chi connectivity index (χ3v) is 5.11. The second-order valence-corrected chi connectivity index (χ2v) is 7.03. The quantitative estimate of drug-likeness (QED) is 0.726. The lowest BCUT2D eigenvalue weighted by atomic mass is 9.96. The van der Waals surface area contributed by atoms with Crippen molar-refractivity contribution in [3.8, 4) is 0 Å². The fraction of sp³-hybridized carbons (Fsp3) is 0.400. The van der Waals surface area contributed by atoms with E-state index in [0.29, 0.717) is 29.2 Å². The summed E-state index contributed by atoms with van der Waals surface area (Å²) in [5.74, 6) is 1.16. The van der Waals surface area contributed by atoms with Crippen LogP contribution in [0.2, 0.25) is 0 Å². The highest BCUT2D eigenvalue weighted by molar-refractivity contribution is 5.90. The molecule has 0 bridgehead atoms. The maximum Gasteiger partial charge on any atom is 0.258 e. The van der Waals surface area contributed by atoms with Crippen molar-refractivity contribution in [3.63, 3.8) is 0 Å².